The highest BCUT2D eigenvalue weighted by atomic mass is 16.6. The number of ether oxygens (including phenoxy) is 2. The minimum atomic E-state index is -0.472. The number of hydrogen-bond acceptors (Lipinski definition) is 4. The van der Waals surface area contributed by atoms with Crippen molar-refractivity contribution in [2.45, 2.75) is 91.1 Å². The van der Waals surface area contributed by atoms with E-state index in [1.54, 1.807) is 0 Å². The van der Waals surface area contributed by atoms with Crippen LogP contribution in [0, 0.1) is 5.92 Å². The largest absolute Gasteiger partial charge is 0.444 e. The Bertz CT molecular complexity index is 354. The van der Waals surface area contributed by atoms with E-state index in [4.69, 9.17) is 9.47 Å². The Morgan fingerprint density at radius 1 is 1.27 bits per heavy atom. The minimum Gasteiger partial charge on any atom is -0.444 e. The summed E-state index contributed by atoms with van der Waals surface area (Å²) in [6, 6.07) is 0.607. The molecule has 2 N–H and O–H groups in total. The summed E-state index contributed by atoms with van der Waals surface area (Å²) in [5, 5.41) is 6.59. The van der Waals surface area contributed by atoms with Crippen LogP contribution in [0.25, 0.3) is 0 Å². The number of hydrogen-bond donors (Lipinski definition) is 2. The molecule has 0 aliphatic heterocycles. The molecule has 22 heavy (non-hydrogen) atoms. The van der Waals surface area contributed by atoms with E-state index < -0.39 is 5.60 Å². The summed E-state index contributed by atoms with van der Waals surface area (Å²) in [7, 11) is 0. The molecule has 5 heteroatoms. The summed E-state index contributed by atoms with van der Waals surface area (Å²) >= 11 is 0. The van der Waals surface area contributed by atoms with Gasteiger partial charge in [-0.2, -0.15) is 0 Å². The second-order valence-corrected chi connectivity index (χ2v) is 7.35. The van der Waals surface area contributed by atoms with E-state index in [9.17, 15) is 4.79 Å². The third kappa shape index (κ3) is 5.76. The molecule has 1 rings (SSSR count). The fourth-order valence-electron chi connectivity index (χ4n) is 2.65. The molecule has 1 fully saturated rings. The number of amides is 1. The monoisotopic (exact) mass is 314 g/mol. The summed E-state index contributed by atoms with van der Waals surface area (Å²) in [5.41, 5.74) is -0.472. The second kappa shape index (κ2) is 8.16. The lowest BCUT2D eigenvalue weighted by Gasteiger charge is -2.46. The Hall–Kier alpha value is -0.810. The van der Waals surface area contributed by atoms with Crippen LogP contribution in [0.4, 0.5) is 4.79 Å². The average molecular weight is 314 g/mol. The predicted molar refractivity (Wildman–Crippen MR) is 89.0 cm³/mol. The van der Waals surface area contributed by atoms with Gasteiger partial charge in [-0.25, -0.2) is 4.79 Å². The van der Waals surface area contributed by atoms with Crippen molar-refractivity contribution in [3.05, 3.63) is 0 Å². The van der Waals surface area contributed by atoms with Crippen molar-refractivity contribution in [2.75, 3.05) is 6.61 Å². The molecule has 0 aromatic rings. The smallest absolute Gasteiger partial charge is 0.407 e. The number of alkyl carbamates (subject to hydrolysis) is 1. The molecule has 5 nitrogen and oxygen atoms in total. The van der Waals surface area contributed by atoms with Gasteiger partial charge in [0.25, 0.3) is 0 Å². The Balaban J connectivity index is 2.57. The van der Waals surface area contributed by atoms with E-state index in [-0.39, 0.29) is 24.3 Å². The summed E-state index contributed by atoms with van der Waals surface area (Å²) in [4.78, 5) is 11.9. The van der Waals surface area contributed by atoms with Crippen molar-refractivity contribution in [1.82, 2.24) is 10.6 Å². The molecule has 0 bridgehead atoms. The Morgan fingerprint density at radius 3 is 2.41 bits per heavy atom. The van der Waals surface area contributed by atoms with E-state index >= 15 is 0 Å². The summed E-state index contributed by atoms with van der Waals surface area (Å²) in [5.74, 6) is 0.588. The summed E-state index contributed by atoms with van der Waals surface area (Å²) in [6.07, 6.45) is 1.77. The van der Waals surface area contributed by atoms with Gasteiger partial charge in [0, 0.05) is 12.6 Å². The van der Waals surface area contributed by atoms with Gasteiger partial charge < -0.3 is 20.1 Å². The SMILES string of the molecule is CCOC1CC(NC(=O)OC(C)(C)C)C1NC(C)C(C)CC. The highest BCUT2D eigenvalue weighted by Gasteiger charge is 2.43. The van der Waals surface area contributed by atoms with Gasteiger partial charge in [-0.3, -0.25) is 0 Å². The second-order valence-electron chi connectivity index (χ2n) is 7.35. The van der Waals surface area contributed by atoms with Crippen LogP contribution in [0.1, 0.15) is 61.3 Å². The molecule has 1 amide bonds. The van der Waals surface area contributed by atoms with Crippen molar-refractivity contribution in [1.29, 1.82) is 0 Å². The highest BCUT2D eigenvalue weighted by Crippen LogP contribution is 2.26. The van der Waals surface area contributed by atoms with Crippen LogP contribution in [0.3, 0.4) is 0 Å². The number of carbonyl (C=O) groups excluding carboxylic acids is 1. The Labute approximate surface area is 135 Å². The maximum Gasteiger partial charge on any atom is 0.407 e. The minimum absolute atomic E-state index is 0.0675. The molecule has 0 spiro atoms. The van der Waals surface area contributed by atoms with Crippen molar-refractivity contribution in [2.24, 2.45) is 5.92 Å². The molecule has 5 unspecified atom stereocenters. The lowest BCUT2D eigenvalue weighted by molar-refractivity contribution is -0.0477. The Morgan fingerprint density at radius 2 is 1.91 bits per heavy atom. The lowest BCUT2D eigenvalue weighted by Crippen LogP contribution is -2.68. The zero-order chi connectivity index (χ0) is 16.9. The molecule has 0 aromatic carbocycles. The average Bonchev–Trinajstić information content (AvgIpc) is 2.40. The van der Waals surface area contributed by atoms with E-state index in [0.29, 0.717) is 18.6 Å². The molecule has 5 atom stereocenters. The van der Waals surface area contributed by atoms with Crippen molar-refractivity contribution in [3.8, 4) is 0 Å². The van der Waals surface area contributed by atoms with Gasteiger partial charge in [0.1, 0.15) is 5.60 Å². The van der Waals surface area contributed by atoms with E-state index in [2.05, 4.69) is 31.4 Å². The molecule has 130 valence electrons. The van der Waals surface area contributed by atoms with Crippen molar-refractivity contribution < 1.29 is 14.3 Å². The van der Waals surface area contributed by atoms with Crippen LogP contribution in [-0.4, -0.2) is 42.5 Å². The summed E-state index contributed by atoms with van der Waals surface area (Å²) in [6.45, 7) is 14.9. The zero-order valence-corrected chi connectivity index (χ0v) is 15.2. The maximum absolute atomic E-state index is 11.9. The standard InChI is InChI=1S/C17H34N2O3/c1-8-11(3)12(4)18-15-13(10-14(15)21-9-2)19-16(20)22-17(5,6)7/h11-15,18H,8-10H2,1-7H3,(H,19,20). The fraction of sp³-hybridized carbons (Fsp3) is 0.941. The van der Waals surface area contributed by atoms with Crippen LogP contribution in [0.15, 0.2) is 0 Å². The Kier molecular flexibility index (Phi) is 7.13. The van der Waals surface area contributed by atoms with Crippen molar-refractivity contribution in [3.63, 3.8) is 0 Å². The quantitative estimate of drug-likeness (QED) is 0.758. The molecule has 1 aliphatic carbocycles. The van der Waals surface area contributed by atoms with E-state index in [1.807, 2.05) is 27.7 Å². The highest BCUT2D eigenvalue weighted by molar-refractivity contribution is 5.68. The predicted octanol–water partition coefficient (Wildman–Crippen LogP) is 3.08. The topological polar surface area (TPSA) is 59.6 Å². The zero-order valence-electron chi connectivity index (χ0n) is 15.2. The van der Waals surface area contributed by atoms with Crippen molar-refractivity contribution >= 4 is 6.09 Å². The van der Waals surface area contributed by atoms with Gasteiger partial charge in [0.2, 0.25) is 0 Å². The number of carbonyl (C=O) groups is 1. The molecular formula is C17H34N2O3. The molecule has 1 saturated carbocycles. The molecule has 0 aromatic heterocycles. The van der Waals surface area contributed by atoms with Crippen LogP contribution in [0.5, 0.6) is 0 Å². The fourth-order valence-corrected chi connectivity index (χ4v) is 2.65. The first-order valence-electron chi connectivity index (χ1n) is 8.55. The maximum atomic E-state index is 11.9. The summed E-state index contributed by atoms with van der Waals surface area (Å²) < 4.78 is 11.1. The van der Waals surface area contributed by atoms with Gasteiger partial charge in [-0.1, -0.05) is 20.3 Å². The van der Waals surface area contributed by atoms with Crippen LogP contribution in [-0.2, 0) is 9.47 Å². The number of nitrogens with one attached hydrogen (secondary N) is 2. The van der Waals surface area contributed by atoms with Gasteiger partial charge in [-0.15, -0.1) is 0 Å². The third-order valence-corrected chi connectivity index (χ3v) is 4.36. The molecule has 1 aliphatic rings. The molecule has 0 radical (unpaired) electrons. The van der Waals surface area contributed by atoms with E-state index in [0.717, 1.165) is 12.8 Å². The van der Waals surface area contributed by atoms with Gasteiger partial charge in [-0.05, 0) is 47.0 Å². The normalized spacial score (nSPS) is 27.7. The lowest BCUT2D eigenvalue weighted by atomic mass is 9.81. The van der Waals surface area contributed by atoms with Crippen LogP contribution >= 0.6 is 0 Å². The van der Waals surface area contributed by atoms with Crippen LogP contribution in [0.2, 0.25) is 0 Å². The first-order chi connectivity index (χ1) is 10.2. The molecule has 0 heterocycles. The molecule has 0 saturated heterocycles. The first kappa shape index (κ1) is 19.2. The third-order valence-electron chi connectivity index (χ3n) is 4.36. The van der Waals surface area contributed by atoms with Gasteiger partial charge >= 0.3 is 6.09 Å². The van der Waals surface area contributed by atoms with Gasteiger partial charge in [0.15, 0.2) is 0 Å². The van der Waals surface area contributed by atoms with E-state index in [1.165, 1.54) is 0 Å². The first-order valence-corrected chi connectivity index (χ1v) is 8.55. The van der Waals surface area contributed by atoms with Crippen LogP contribution < -0.4 is 10.6 Å². The van der Waals surface area contributed by atoms with Gasteiger partial charge in [0.05, 0.1) is 18.2 Å². The molecular weight excluding hydrogens is 280 g/mol. The number of rotatable bonds is 7.